The fourth-order valence-electron chi connectivity index (χ4n) is 2.84. The van der Waals surface area contributed by atoms with E-state index in [2.05, 4.69) is 0 Å². The zero-order valence-corrected chi connectivity index (χ0v) is 15.2. The highest BCUT2D eigenvalue weighted by Crippen LogP contribution is 2.37. The van der Waals surface area contributed by atoms with Crippen LogP contribution in [0.25, 0.3) is 10.8 Å². The van der Waals surface area contributed by atoms with E-state index in [0.717, 1.165) is 6.07 Å². The van der Waals surface area contributed by atoms with E-state index < -0.39 is 30.0 Å². The van der Waals surface area contributed by atoms with Crippen LogP contribution in [0, 0.1) is 0 Å². The number of fused-ring (bicyclic) bond motifs is 1. The predicted molar refractivity (Wildman–Crippen MR) is 98.1 cm³/mol. The summed E-state index contributed by atoms with van der Waals surface area (Å²) in [5.74, 6) is 0. The monoisotopic (exact) mass is 393 g/mol. The first-order chi connectivity index (χ1) is 12.1. The lowest BCUT2D eigenvalue weighted by molar-refractivity contribution is 0.481. The molecular formula is C17H15NO6S2. The summed E-state index contributed by atoms with van der Waals surface area (Å²) in [6, 6.07) is 15.5. The zero-order valence-electron chi connectivity index (χ0n) is 13.6. The van der Waals surface area contributed by atoms with Gasteiger partial charge in [0, 0.05) is 23.5 Å². The Kier molecular flexibility index (Phi) is 4.49. The van der Waals surface area contributed by atoms with Gasteiger partial charge in [0.05, 0.1) is 5.69 Å². The van der Waals surface area contributed by atoms with E-state index in [1.165, 1.54) is 24.3 Å². The molecule has 3 rings (SSSR count). The Labute approximate surface area is 151 Å². The summed E-state index contributed by atoms with van der Waals surface area (Å²) < 4.78 is 66.5. The Hall–Kier alpha value is -2.46. The Morgan fingerprint density at radius 3 is 1.96 bits per heavy atom. The molecule has 0 aliphatic carbocycles. The molecule has 0 spiro atoms. The second-order valence-electron chi connectivity index (χ2n) is 5.61. The standard InChI is InChI=1S/C17H15NO6S2/c1-18(12-6-3-2-4-7-12)15-11-10-13-14(17(15)26(22,23)24)8-5-9-16(13)25(19,20)21/h2-11H,1H3,(H,19,20,21)(H,22,23,24). The van der Waals surface area contributed by atoms with Crippen LogP contribution in [0.2, 0.25) is 0 Å². The van der Waals surface area contributed by atoms with Crippen LogP contribution >= 0.6 is 0 Å². The highest BCUT2D eigenvalue weighted by atomic mass is 32.2. The molecule has 0 aliphatic rings. The Morgan fingerprint density at radius 1 is 0.731 bits per heavy atom. The normalized spacial score (nSPS) is 12.3. The average molecular weight is 393 g/mol. The van der Waals surface area contributed by atoms with Gasteiger partial charge in [-0.25, -0.2) is 0 Å². The van der Waals surface area contributed by atoms with Gasteiger partial charge < -0.3 is 4.90 Å². The van der Waals surface area contributed by atoms with E-state index in [0.29, 0.717) is 5.69 Å². The van der Waals surface area contributed by atoms with Gasteiger partial charge in [-0.2, -0.15) is 16.8 Å². The van der Waals surface area contributed by atoms with Crippen LogP contribution in [0.1, 0.15) is 0 Å². The molecule has 0 aromatic heterocycles. The van der Waals surface area contributed by atoms with Gasteiger partial charge in [-0.1, -0.05) is 36.4 Å². The average Bonchev–Trinajstić information content (AvgIpc) is 2.58. The van der Waals surface area contributed by atoms with Gasteiger partial charge in [0.15, 0.2) is 0 Å². The van der Waals surface area contributed by atoms with Crippen molar-refractivity contribution in [1.29, 1.82) is 0 Å². The van der Waals surface area contributed by atoms with Crippen molar-refractivity contribution in [2.24, 2.45) is 0 Å². The lowest BCUT2D eigenvalue weighted by atomic mass is 10.1. The summed E-state index contributed by atoms with van der Waals surface area (Å²) in [4.78, 5) is 0.684. The van der Waals surface area contributed by atoms with Crippen molar-refractivity contribution in [1.82, 2.24) is 0 Å². The number of rotatable bonds is 4. The van der Waals surface area contributed by atoms with Gasteiger partial charge >= 0.3 is 0 Å². The van der Waals surface area contributed by atoms with Crippen molar-refractivity contribution >= 4 is 42.4 Å². The number of nitrogens with zero attached hydrogens (tertiary/aromatic N) is 1. The number of para-hydroxylation sites is 1. The van der Waals surface area contributed by atoms with Gasteiger partial charge in [-0.05, 0) is 24.3 Å². The molecule has 3 aromatic rings. The molecule has 0 radical (unpaired) electrons. The summed E-state index contributed by atoms with van der Waals surface area (Å²) in [6.45, 7) is 0. The molecule has 0 fully saturated rings. The Bertz CT molecular complexity index is 1190. The molecule has 0 unspecified atom stereocenters. The first-order valence-corrected chi connectivity index (χ1v) is 10.3. The van der Waals surface area contributed by atoms with Crippen molar-refractivity contribution in [3.63, 3.8) is 0 Å². The minimum atomic E-state index is -4.69. The number of hydrogen-bond donors (Lipinski definition) is 2. The summed E-state index contributed by atoms with van der Waals surface area (Å²) in [5, 5.41) is -0.0178. The minimum Gasteiger partial charge on any atom is -0.343 e. The third-order valence-corrected chi connectivity index (χ3v) is 5.85. The zero-order chi connectivity index (χ0) is 19.1. The fourth-order valence-corrected chi connectivity index (χ4v) is 4.47. The van der Waals surface area contributed by atoms with E-state index in [9.17, 15) is 25.9 Å². The van der Waals surface area contributed by atoms with Crippen LogP contribution in [-0.4, -0.2) is 33.0 Å². The SMILES string of the molecule is CN(c1ccccc1)c1ccc2c(S(=O)(=O)O)cccc2c1S(=O)(=O)O. The predicted octanol–water partition coefficient (Wildman–Crippen LogP) is 3.10. The Balaban J connectivity index is 2.40. The van der Waals surface area contributed by atoms with Crippen LogP contribution in [0.5, 0.6) is 0 Å². The molecule has 0 aliphatic heterocycles. The molecule has 0 saturated carbocycles. The molecule has 0 amide bonds. The summed E-state index contributed by atoms with van der Waals surface area (Å²) >= 11 is 0. The molecular weight excluding hydrogens is 378 g/mol. The molecule has 0 saturated heterocycles. The molecule has 7 nitrogen and oxygen atoms in total. The number of hydrogen-bond acceptors (Lipinski definition) is 5. The molecule has 9 heteroatoms. The molecule has 0 bridgehead atoms. The van der Waals surface area contributed by atoms with Crippen LogP contribution in [0.15, 0.2) is 70.5 Å². The van der Waals surface area contributed by atoms with Gasteiger partial charge in [-0.15, -0.1) is 0 Å². The summed E-state index contributed by atoms with van der Waals surface area (Å²) in [5.41, 5.74) is 0.835. The third-order valence-electron chi connectivity index (χ3n) is 3.99. The molecule has 26 heavy (non-hydrogen) atoms. The topological polar surface area (TPSA) is 112 Å². The third kappa shape index (κ3) is 3.29. The highest BCUT2D eigenvalue weighted by Gasteiger charge is 2.25. The fraction of sp³-hybridized carbons (Fsp3) is 0.0588. The highest BCUT2D eigenvalue weighted by molar-refractivity contribution is 7.86. The maximum atomic E-state index is 12.1. The molecule has 0 atom stereocenters. The smallest absolute Gasteiger partial charge is 0.297 e. The second kappa shape index (κ2) is 6.36. The largest absolute Gasteiger partial charge is 0.343 e. The molecule has 0 heterocycles. The number of benzene rings is 3. The second-order valence-corrected chi connectivity index (χ2v) is 8.36. The van der Waals surface area contributed by atoms with Crippen LogP contribution < -0.4 is 4.90 Å². The molecule has 3 aromatic carbocycles. The summed E-state index contributed by atoms with van der Waals surface area (Å²) in [6.07, 6.45) is 0. The van der Waals surface area contributed by atoms with Gasteiger partial charge in [-0.3, -0.25) is 9.11 Å². The minimum absolute atomic E-state index is 0.00663. The molecule has 2 N–H and O–H groups in total. The van der Waals surface area contributed by atoms with Crippen molar-refractivity contribution in [2.45, 2.75) is 9.79 Å². The van der Waals surface area contributed by atoms with E-state index in [1.807, 2.05) is 0 Å². The lowest BCUT2D eigenvalue weighted by Gasteiger charge is -2.23. The van der Waals surface area contributed by atoms with Crippen molar-refractivity contribution in [2.75, 3.05) is 11.9 Å². The van der Waals surface area contributed by atoms with E-state index >= 15 is 0 Å². The quantitative estimate of drug-likeness (QED) is 0.655. The first-order valence-electron chi connectivity index (χ1n) is 7.40. The maximum absolute atomic E-state index is 12.1. The van der Waals surface area contributed by atoms with Gasteiger partial charge in [0.25, 0.3) is 20.2 Å². The number of anilines is 2. The van der Waals surface area contributed by atoms with Gasteiger partial charge in [0.2, 0.25) is 0 Å². The van der Waals surface area contributed by atoms with E-state index in [1.54, 1.807) is 42.3 Å². The molecule has 136 valence electrons. The maximum Gasteiger partial charge on any atom is 0.297 e. The first kappa shape index (κ1) is 18.3. The van der Waals surface area contributed by atoms with E-state index in [-0.39, 0.29) is 16.5 Å². The lowest BCUT2D eigenvalue weighted by Crippen LogP contribution is -2.14. The Morgan fingerprint density at radius 2 is 1.38 bits per heavy atom. The van der Waals surface area contributed by atoms with Crippen LogP contribution in [-0.2, 0) is 20.2 Å². The van der Waals surface area contributed by atoms with Crippen molar-refractivity contribution in [3.8, 4) is 0 Å². The van der Waals surface area contributed by atoms with Gasteiger partial charge in [0.1, 0.15) is 9.79 Å². The van der Waals surface area contributed by atoms with Crippen LogP contribution in [0.3, 0.4) is 0 Å². The van der Waals surface area contributed by atoms with Crippen molar-refractivity contribution in [3.05, 3.63) is 60.7 Å². The van der Waals surface area contributed by atoms with Crippen LogP contribution in [0.4, 0.5) is 11.4 Å². The van der Waals surface area contributed by atoms with E-state index in [4.69, 9.17) is 0 Å². The van der Waals surface area contributed by atoms with Crippen molar-refractivity contribution < 1.29 is 25.9 Å². The summed E-state index contributed by atoms with van der Waals surface area (Å²) in [7, 11) is -7.64.